The highest BCUT2D eigenvalue weighted by Gasteiger charge is 2.09. The van der Waals surface area contributed by atoms with Crippen LogP contribution >= 0.6 is 15.9 Å². The van der Waals surface area contributed by atoms with Gasteiger partial charge in [-0.3, -0.25) is 4.79 Å². The normalized spacial score (nSPS) is 9.58. The summed E-state index contributed by atoms with van der Waals surface area (Å²) in [5.74, 6) is -0.100. The summed E-state index contributed by atoms with van der Waals surface area (Å²) >= 11 is 2.72. The fraction of sp³-hybridized carbons (Fsp3) is 0.125. The van der Waals surface area contributed by atoms with E-state index in [1.165, 1.54) is 19.2 Å². The topological polar surface area (TPSA) is 26.3 Å². The first-order valence-electron chi connectivity index (χ1n) is 3.18. The molecule has 0 amide bonds. The average Bonchev–Trinajstić information content (AvgIpc) is 2.04. The monoisotopic (exact) mass is 232 g/mol. The Morgan fingerprint density at radius 2 is 2.25 bits per heavy atom. The zero-order valence-corrected chi connectivity index (χ0v) is 7.89. The van der Waals surface area contributed by atoms with Gasteiger partial charge in [-0.1, -0.05) is 0 Å². The summed E-state index contributed by atoms with van der Waals surface area (Å²) in [6, 6.07) is 3.76. The van der Waals surface area contributed by atoms with Gasteiger partial charge in [0.25, 0.3) is 0 Å². The summed E-state index contributed by atoms with van der Waals surface area (Å²) in [6.07, 6.45) is 0. The third kappa shape index (κ3) is 1.82. The van der Waals surface area contributed by atoms with Crippen LogP contribution in [0.3, 0.4) is 0 Å². The predicted molar refractivity (Wildman–Crippen MR) is 46.2 cm³/mol. The van der Waals surface area contributed by atoms with Gasteiger partial charge in [-0.25, -0.2) is 4.39 Å². The van der Waals surface area contributed by atoms with E-state index in [1.54, 1.807) is 0 Å². The molecule has 1 rings (SSSR count). The van der Waals surface area contributed by atoms with E-state index >= 15 is 0 Å². The second kappa shape index (κ2) is 3.67. The fourth-order valence-corrected chi connectivity index (χ4v) is 1.14. The Bertz CT molecular complexity index is 312. The number of methoxy groups -OCH3 is 1. The minimum absolute atomic E-state index is 0.192. The number of rotatable bonds is 2. The van der Waals surface area contributed by atoms with Crippen LogP contribution < -0.4 is 4.74 Å². The van der Waals surface area contributed by atoms with Gasteiger partial charge in [-0.05, 0) is 34.1 Å². The van der Waals surface area contributed by atoms with Crippen molar-refractivity contribution < 1.29 is 13.9 Å². The van der Waals surface area contributed by atoms with Gasteiger partial charge in [-0.2, -0.15) is 0 Å². The molecule has 2 nitrogen and oxygen atoms in total. The van der Waals surface area contributed by atoms with Crippen molar-refractivity contribution in [3.8, 4) is 5.75 Å². The van der Waals surface area contributed by atoms with E-state index < -0.39 is 5.82 Å². The van der Waals surface area contributed by atoms with Crippen molar-refractivity contribution >= 4 is 20.6 Å². The smallest absolute Gasteiger partial charge is 0.231 e. The van der Waals surface area contributed by atoms with Gasteiger partial charge >= 0.3 is 0 Å². The lowest BCUT2D eigenvalue weighted by molar-refractivity contribution is 0.109. The van der Waals surface area contributed by atoms with Gasteiger partial charge < -0.3 is 4.74 Å². The number of ether oxygens (including phenoxy) is 1. The highest BCUT2D eigenvalue weighted by molar-refractivity contribution is 9.18. The number of carbonyl (C=O) groups is 1. The van der Waals surface area contributed by atoms with Crippen LogP contribution in [0.4, 0.5) is 4.39 Å². The van der Waals surface area contributed by atoms with E-state index in [9.17, 15) is 9.18 Å². The first kappa shape index (κ1) is 9.19. The molecule has 0 radical (unpaired) electrons. The zero-order valence-electron chi connectivity index (χ0n) is 6.30. The maximum Gasteiger partial charge on any atom is 0.231 e. The van der Waals surface area contributed by atoms with Crippen molar-refractivity contribution in [2.75, 3.05) is 7.11 Å². The standard InChI is InChI=1S/C8H6BrFO2/c1-12-7-3-2-5(10)4-6(7)8(9)11/h2-4H,1H3. The third-order valence-corrected chi connectivity index (χ3v) is 1.80. The summed E-state index contributed by atoms with van der Waals surface area (Å²) in [7, 11) is 1.42. The summed E-state index contributed by atoms with van der Waals surface area (Å²) in [5, 5.41) is 0. The number of hydrogen-bond acceptors (Lipinski definition) is 2. The predicted octanol–water partition coefficient (Wildman–Crippen LogP) is 2.37. The van der Waals surface area contributed by atoms with Gasteiger partial charge in [0.1, 0.15) is 11.6 Å². The highest BCUT2D eigenvalue weighted by Crippen LogP contribution is 2.21. The molecule has 0 atom stereocenters. The van der Waals surface area contributed by atoms with Crippen LogP contribution in [0.2, 0.25) is 0 Å². The maximum atomic E-state index is 12.6. The minimum atomic E-state index is -0.460. The number of benzene rings is 1. The van der Waals surface area contributed by atoms with Gasteiger partial charge in [0.05, 0.1) is 12.7 Å². The first-order valence-corrected chi connectivity index (χ1v) is 3.98. The third-order valence-electron chi connectivity index (χ3n) is 1.37. The molecule has 0 aliphatic rings. The number of hydrogen-bond donors (Lipinski definition) is 0. The molecular weight excluding hydrogens is 227 g/mol. The maximum absolute atomic E-state index is 12.6. The molecule has 0 saturated carbocycles. The molecule has 0 fully saturated rings. The van der Waals surface area contributed by atoms with Crippen LogP contribution in [0.1, 0.15) is 10.4 Å². The molecule has 0 spiro atoms. The van der Waals surface area contributed by atoms with Crippen molar-refractivity contribution in [1.29, 1.82) is 0 Å². The van der Waals surface area contributed by atoms with E-state index in [1.807, 2.05) is 0 Å². The molecule has 0 aliphatic heterocycles. The molecule has 0 unspecified atom stereocenters. The second-order valence-electron chi connectivity index (χ2n) is 2.12. The molecule has 0 aromatic heterocycles. The van der Waals surface area contributed by atoms with Crippen molar-refractivity contribution in [2.45, 2.75) is 0 Å². The molecule has 0 aliphatic carbocycles. The van der Waals surface area contributed by atoms with E-state index in [-0.39, 0.29) is 10.3 Å². The van der Waals surface area contributed by atoms with E-state index in [4.69, 9.17) is 4.74 Å². The van der Waals surface area contributed by atoms with Gasteiger partial charge in [0, 0.05) is 0 Å². The van der Waals surface area contributed by atoms with Gasteiger partial charge in [0.2, 0.25) is 4.69 Å². The van der Waals surface area contributed by atoms with Crippen LogP contribution in [0.15, 0.2) is 18.2 Å². The lowest BCUT2D eigenvalue weighted by Crippen LogP contribution is -1.95. The van der Waals surface area contributed by atoms with Crippen LogP contribution in [-0.4, -0.2) is 11.8 Å². The average molecular weight is 233 g/mol. The van der Waals surface area contributed by atoms with Crippen molar-refractivity contribution in [3.05, 3.63) is 29.6 Å². The Hall–Kier alpha value is -0.900. The Morgan fingerprint density at radius 3 is 2.75 bits per heavy atom. The fourth-order valence-electron chi connectivity index (χ4n) is 0.834. The molecule has 0 N–H and O–H groups in total. The lowest BCUT2D eigenvalue weighted by Gasteiger charge is -2.03. The molecule has 0 heterocycles. The molecule has 64 valence electrons. The molecule has 4 heteroatoms. The van der Waals surface area contributed by atoms with Crippen LogP contribution in [0.25, 0.3) is 0 Å². The molecule has 1 aromatic carbocycles. The lowest BCUT2D eigenvalue weighted by atomic mass is 10.2. The van der Waals surface area contributed by atoms with Crippen LogP contribution in [0, 0.1) is 5.82 Å². The zero-order chi connectivity index (χ0) is 9.14. The van der Waals surface area contributed by atoms with Gasteiger partial charge in [-0.15, -0.1) is 0 Å². The summed E-state index contributed by atoms with van der Waals surface area (Å²) in [4.78, 5) is 10.8. The Morgan fingerprint density at radius 1 is 1.58 bits per heavy atom. The van der Waals surface area contributed by atoms with E-state index in [2.05, 4.69) is 15.9 Å². The number of carbonyl (C=O) groups excluding carboxylic acids is 1. The van der Waals surface area contributed by atoms with E-state index in [0.717, 1.165) is 6.07 Å². The quantitative estimate of drug-likeness (QED) is 0.733. The highest BCUT2D eigenvalue weighted by atomic mass is 79.9. The summed E-state index contributed by atoms with van der Waals surface area (Å²) in [5.41, 5.74) is 0.192. The summed E-state index contributed by atoms with van der Waals surface area (Å²) in [6.45, 7) is 0. The molecule has 0 saturated heterocycles. The Kier molecular flexibility index (Phi) is 2.81. The Balaban J connectivity index is 3.21. The molecule has 1 aromatic rings. The van der Waals surface area contributed by atoms with Crippen LogP contribution in [0.5, 0.6) is 5.75 Å². The van der Waals surface area contributed by atoms with E-state index in [0.29, 0.717) is 5.75 Å². The minimum Gasteiger partial charge on any atom is -0.496 e. The van der Waals surface area contributed by atoms with Crippen molar-refractivity contribution in [1.82, 2.24) is 0 Å². The van der Waals surface area contributed by atoms with Gasteiger partial charge in [0.15, 0.2) is 0 Å². The first-order chi connectivity index (χ1) is 5.65. The SMILES string of the molecule is COc1ccc(F)cc1C(=O)Br. The Labute approximate surface area is 77.5 Å². The molecule has 0 bridgehead atoms. The van der Waals surface area contributed by atoms with Crippen molar-refractivity contribution in [3.63, 3.8) is 0 Å². The summed E-state index contributed by atoms with van der Waals surface area (Å²) < 4.78 is 17.1. The second-order valence-corrected chi connectivity index (χ2v) is 2.84. The number of halogens is 2. The largest absolute Gasteiger partial charge is 0.496 e. The molecular formula is C8H6BrFO2. The molecule has 12 heavy (non-hydrogen) atoms. The van der Waals surface area contributed by atoms with Crippen LogP contribution in [-0.2, 0) is 0 Å². The van der Waals surface area contributed by atoms with Crippen molar-refractivity contribution in [2.24, 2.45) is 0 Å².